The minimum atomic E-state index is -0.224. The highest BCUT2D eigenvalue weighted by atomic mass is 79.9. The number of carbonyl (C=O) groups excluding carboxylic acids is 1. The Bertz CT molecular complexity index is 751. The van der Waals surface area contributed by atoms with Crippen LogP contribution < -0.4 is 15.4 Å². The molecule has 0 unspecified atom stereocenters. The molecule has 5 rings (SSSR count). The van der Waals surface area contributed by atoms with Crippen molar-refractivity contribution >= 4 is 45.2 Å². The van der Waals surface area contributed by atoms with Crippen LogP contribution in [0.4, 0.5) is 0 Å². The maximum atomic E-state index is 12.3. The maximum Gasteiger partial charge on any atom is 0.250 e. The first-order valence-electron chi connectivity index (χ1n) is 9.65. The van der Waals surface area contributed by atoms with Gasteiger partial charge in [-0.2, -0.15) is 0 Å². The van der Waals surface area contributed by atoms with Crippen molar-refractivity contribution in [1.29, 1.82) is 0 Å². The minimum absolute atomic E-state index is 0.224. The second-order valence-corrected chi connectivity index (χ2v) is 9.46. The van der Waals surface area contributed by atoms with Crippen molar-refractivity contribution in [3.05, 3.63) is 34.3 Å². The van der Waals surface area contributed by atoms with Gasteiger partial charge in [0, 0.05) is 22.2 Å². The van der Waals surface area contributed by atoms with E-state index in [0.29, 0.717) is 11.2 Å². The Hall–Kier alpha value is -1.40. The van der Waals surface area contributed by atoms with Gasteiger partial charge in [-0.05, 0) is 92.3 Å². The number of thiocarbonyl (C=S) groups is 1. The highest BCUT2D eigenvalue weighted by Gasteiger charge is 2.48. The monoisotopic (exact) mass is 448 g/mol. The first-order chi connectivity index (χ1) is 13.0. The van der Waals surface area contributed by atoms with E-state index in [-0.39, 0.29) is 5.91 Å². The molecule has 0 saturated heterocycles. The van der Waals surface area contributed by atoms with Gasteiger partial charge in [0.1, 0.15) is 5.75 Å². The highest BCUT2D eigenvalue weighted by Crippen LogP contribution is 2.53. The van der Waals surface area contributed by atoms with E-state index in [9.17, 15) is 4.79 Å². The van der Waals surface area contributed by atoms with Crippen molar-refractivity contribution in [3.63, 3.8) is 0 Å². The van der Waals surface area contributed by atoms with Gasteiger partial charge in [-0.15, -0.1) is 0 Å². The minimum Gasteiger partial charge on any atom is -0.496 e. The van der Waals surface area contributed by atoms with Crippen molar-refractivity contribution in [1.82, 2.24) is 10.6 Å². The van der Waals surface area contributed by atoms with Gasteiger partial charge in [-0.25, -0.2) is 0 Å². The lowest BCUT2D eigenvalue weighted by Gasteiger charge is -2.54. The fourth-order valence-corrected chi connectivity index (χ4v) is 6.12. The summed E-state index contributed by atoms with van der Waals surface area (Å²) in [6.07, 6.45) is 9.96. The fourth-order valence-electron chi connectivity index (χ4n) is 5.50. The molecule has 2 N–H and O–H groups in total. The Kier molecular flexibility index (Phi) is 5.55. The summed E-state index contributed by atoms with van der Waals surface area (Å²) < 4.78 is 6.26. The number of ether oxygens (including phenoxy) is 1. The zero-order chi connectivity index (χ0) is 19.0. The van der Waals surface area contributed by atoms with Gasteiger partial charge in [-0.1, -0.05) is 15.9 Å². The van der Waals surface area contributed by atoms with Crippen LogP contribution in [0.5, 0.6) is 5.75 Å². The molecule has 4 saturated carbocycles. The number of carbonyl (C=O) groups is 1. The summed E-state index contributed by atoms with van der Waals surface area (Å²) in [6, 6.07) is 6.11. The lowest BCUT2D eigenvalue weighted by atomic mass is 9.54. The number of hydrogen-bond donors (Lipinski definition) is 2. The summed E-state index contributed by atoms with van der Waals surface area (Å²) in [4.78, 5) is 12.3. The highest BCUT2D eigenvalue weighted by molar-refractivity contribution is 9.10. The summed E-state index contributed by atoms with van der Waals surface area (Å²) in [5, 5.41) is 6.71. The second kappa shape index (κ2) is 7.92. The molecule has 4 fully saturated rings. The smallest absolute Gasteiger partial charge is 0.250 e. The van der Waals surface area contributed by atoms with Crippen LogP contribution in [0.2, 0.25) is 0 Å². The van der Waals surface area contributed by atoms with Crippen LogP contribution in [0.25, 0.3) is 6.08 Å². The zero-order valence-corrected chi connectivity index (χ0v) is 17.8. The predicted octanol–water partition coefficient (Wildman–Crippen LogP) is 4.29. The van der Waals surface area contributed by atoms with Crippen molar-refractivity contribution in [3.8, 4) is 5.75 Å². The summed E-state index contributed by atoms with van der Waals surface area (Å²) in [7, 11) is 1.62. The van der Waals surface area contributed by atoms with Gasteiger partial charge in [-0.3, -0.25) is 10.1 Å². The normalized spacial score (nSPS) is 31.1. The molecule has 4 aliphatic carbocycles. The van der Waals surface area contributed by atoms with E-state index in [1.807, 2.05) is 18.2 Å². The third-order valence-corrected chi connectivity index (χ3v) is 7.08. The lowest BCUT2D eigenvalue weighted by Crippen LogP contribution is -2.57. The van der Waals surface area contributed by atoms with Crippen LogP contribution in [0.15, 0.2) is 28.7 Å². The topological polar surface area (TPSA) is 50.4 Å². The van der Waals surface area contributed by atoms with Crippen molar-refractivity contribution < 1.29 is 9.53 Å². The Balaban J connectivity index is 1.33. The van der Waals surface area contributed by atoms with Crippen LogP contribution in [-0.2, 0) is 4.79 Å². The van der Waals surface area contributed by atoms with Crippen molar-refractivity contribution in [2.75, 3.05) is 7.11 Å². The van der Waals surface area contributed by atoms with E-state index in [1.54, 1.807) is 13.2 Å². The van der Waals surface area contributed by atoms with Crippen LogP contribution in [0, 0.1) is 23.7 Å². The molecule has 0 spiro atoms. The molecule has 0 radical (unpaired) electrons. The van der Waals surface area contributed by atoms with E-state index in [2.05, 4.69) is 26.6 Å². The lowest BCUT2D eigenvalue weighted by molar-refractivity contribution is -0.115. The van der Waals surface area contributed by atoms with E-state index < -0.39 is 0 Å². The molecule has 0 aromatic heterocycles. The third kappa shape index (κ3) is 4.21. The summed E-state index contributed by atoms with van der Waals surface area (Å²) in [6.45, 7) is 0. The molecular formula is C21H25BrN2O2S. The van der Waals surface area contributed by atoms with Crippen LogP contribution >= 0.6 is 28.1 Å². The number of nitrogens with one attached hydrogen (secondary N) is 2. The standard InChI is InChI=1S/C21H25BrN2O2S/c1-26-18-4-3-17(22)11-14(18)2-5-19(25)23-21(27)24-20-15-7-12-6-13(9-15)10-16(20)8-12/h2-5,11-13,15-16,20H,6-10H2,1H3,(H2,23,24,25,27)/b5-2+. The van der Waals surface area contributed by atoms with Crippen LogP contribution in [0.1, 0.15) is 37.7 Å². The number of methoxy groups -OCH3 is 1. The number of benzene rings is 1. The SMILES string of the molecule is COc1ccc(Br)cc1/C=C/C(=O)NC(=S)NC1C2CC3CC(C2)CC1C3. The number of hydrogen-bond acceptors (Lipinski definition) is 3. The molecule has 6 heteroatoms. The zero-order valence-electron chi connectivity index (χ0n) is 15.4. The first-order valence-corrected chi connectivity index (χ1v) is 10.8. The van der Waals surface area contributed by atoms with E-state index in [1.165, 1.54) is 38.2 Å². The quantitative estimate of drug-likeness (QED) is 0.532. The van der Waals surface area contributed by atoms with E-state index in [4.69, 9.17) is 17.0 Å². The molecule has 4 aliphatic rings. The molecular weight excluding hydrogens is 424 g/mol. The van der Waals surface area contributed by atoms with Gasteiger partial charge < -0.3 is 10.1 Å². The molecule has 27 heavy (non-hydrogen) atoms. The second-order valence-electron chi connectivity index (χ2n) is 8.14. The molecule has 4 nitrogen and oxygen atoms in total. The fraction of sp³-hybridized carbons (Fsp3) is 0.524. The molecule has 0 aliphatic heterocycles. The molecule has 0 atom stereocenters. The Morgan fingerprint density at radius 3 is 2.48 bits per heavy atom. The molecule has 0 heterocycles. The van der Waals surface area contributed by atoms with Crippen molar-refractivity contribution in [2.45, 2.75) is 38.1 Å². The Morgan fingerprint density at radius 1 is 1.19 bits per heavy atom. The first kappa shape index (κ1) is 18.9. The van der Waals surface area contributed by atoms with Gasteiger partial charge in [0.25, 0.3) is 0 Å². The average molecular weight is 449 g/mol. The molecule has 1 aromatic carbocycles. The molecule has 1 amide bonds. The predicted molar refractivity (Wildman–Crippen MR) is 114 cm³/mol. The van der Waals surface area contributed by atoms with Crippen LogP contribution in [0.3, 0.4) is 0 Å². The molecule has 1 aromatic rings. The van der Waals surface area contributed by atoms with Gasteiger partial charge in [0.05, 0.1) is 7.11 Å². The van der Waals surface area contributed by atoms with Gasteiger partial charge in [0.15, 0.2) is 5.11 Å². The van der Waals surface area contributed by atoms with Gasteiger partial charge in [0.2, 0.25) is 5.91 Å². The molecule has 144 valence electrons. The maximum absolute atomic E-state index is 12.3. The van der Waals surface area contributed by atoms with Crippen LogP contribution in [-0.4, -0.2) is 24.2 Å². The summed E-state index contributed by atoms with van der Waals surface area (Å²) in [5.41, 5.74) is 0.835. The number of halogens is 1. The summed E-state index contributed by atoms with van der Waals surface area (Å²) >= 11 is 8.86. The largest absolute Gasteiger partial charge is 0.496 e. The summed E-state index contributed by atoms with van der Waals surface area (Å²) in [5.74, 6) is 3.79. The van der Waals surface area contributed by atoms with E-state index in [0.717, 1.165) is 39.5 Å². The third-order valence-electron chi connectivity index (χ3n) is 6.37. The Labute approximate surface area is 174 Å². The number of rotatable bonds is 4. The van der Waals surface area contributed by atoms with E-state index >= 15 is 0 Å². The average Bonchev–Trinajstić information content (AvgIpc) is 2.62. The molecule has 4 bridgehead atoms. The number of amides is 1. The van der Waals surface area contributed by atoms with Crippen molar-refractivity contribution in [2.24, 2.45) is 23.7 Å². The van der Waals surface area contributed by atoms with Gasteiger partial charge >= 0.3 is 0 Å². The Morgan fingerprint density at radius 2 is 1.85 bits per heavy atom.